The lowest BCUT2D eigenvalue weighted by atomic mass is 10.0. The van der Waals surface area contributed by atoms with Crippen molar-refractivity contribution in [1.29, 1.82) is 0 Å². The number of fused-ring (bicyclic) bond motifs is 1. The van der Waals surface area contributed by atoms with Gasteiger partial charge in [0.2, 0.25) is 0 Å². The predicted molar refractivity (Wildman–Crippen MR) is 160 cm³/mol. The van der Waals surface area contributed by atoms with Crippen LogP contribution >= 0.6 is 0 Å². The first-order valence-corrected chi connectivity index (χ1v) is 14.5. The zero-order valence-corrected chi connectivity index (χ0v) is 24.3. The van der Waals surface area contributed by atoms with E-state index in [1.54, 1.807) is 0 Å². The Hall–Kier alpha value is -3.52. The van der Waals surface area contributed by atoms with Gasteiger partial charge in [0.15, 0.2) is 5.78 Å². The molecular weight excluding hydrogens is 524 g/mol. The molecular formula is C33H41F2N3O3. The molecule has 0 saturated carbocycles. The van der Waals surface area contributed by atoms with Crippen LogP contribution in [0, 0.1) is 0 Å². The fourth-order valence-corrected chi connectivity index (χ4v) is 5.29. The fourth-order valence-electron chi connectivity index (χ4n) is 5.29. The van der Waals surface area contributed by atoms with E-state index in [2.05, 4.69) is 53.1 Å². The summed E-state index contributed by atoms with van der Waals surface area (Å²) in [6, 6.07) is 23.2. The van der Waals surface area contributed by atoms with Crippen LogP contribution in [0.3, 0.4) is 0 Å². The number of carbonyl (C=O) groups excluding carboxylic acids is 2. The normalized spacial score (nSPS) is 17.7. The number of halogens is 2. The van der Waals surface area contributed by atoms with Crippen LogP contribution in [0.15, 0.2) is 66.7 Å². The Bertz CT molecular complexity index is 1300. The standard InChI is InChI=1S/C29H35N3O2.C4H6F2O/c1-23-7-5-16-30(23)17-6-22-34-26-14-12-25(13-15-26)31-18-20-32(21-19-31)29(33)28-11-4-9-24-8-2-3-10-27(24)28;1-3(7)4(2,5)6/h2-4,8-15,23H,5-7,16-22H2,1H3;1-2H3. The number of benzene rings is 3. The van der Waals surface area contributed by atoms with Crippen LogP contribution < -0.4 is 9.64 Å². The molecule has 1 amide bonds. The lowest BCUT2D eigenvalue weighted by Gasteiger charge is -2.36. The van der Waals surface area contributed by atoms with E-state index < -0.39 is 11.7 Å². The number of nitrogens with zero attached hydrogens (tertiary/aromatic N) is 3. The van der Waals surface area contributed by atoms with Crippen molar-refractivity contribution >= 4 is 28.2 Å². The minimum absolute atomic E-state index is 0.128. The second-order valence-electron chi connectivity index (χ2n) is 11.0. The van der Waals surface area contributed by atoms with Gasteiger partial charge in [-0.05, 0) is 73.8 Å². The zero-order valence-electron chi connectivity index (χ0n) is 24.3. The van der Waals surface area contributed by atoms with Crippen molar-refractivity contribution in [3.8, 4) is 5.75 Å². The molecule has 2 aliphatic heterocycles. The molecule has 0 spiro atoms. The minimum Gasteiger partial charge on any atom is -0.494 e. The molecule has 3 aromatic rings. The molecule has 2 saturated heterocycles. The molecule has 0 N–H and O–H groups in total. The number of Topliss-reactive ketones (excluding diaryl/α,β-unsaturated/α-hetero) is 1. The van der Waals surface area contributed by atoms with Crippen molar-refractivity contribution in [3.05, 3.63) is 72.3 Å². The number of carbonyl (C=O) groups is 2. The number of hydrogen-bond donors (Lipinski definition) is 0. The van der Waals surface area contributed by atoms with Gasteiger partial charge in [-0.25, -0.2) is 0 Å². The lowest BCUT2D eigenvalue weighted by Crippen LogP contribution is -2.48. The highest BCUT2D eigenvalue weighted by molar-refractivity contribution is 6.07. The first-order valence-electron chi connectivity index (χ1n) is 14.5. The zero-order chi connectivity index (χ0) is 29.4. The molecule has 2 aliphatic rings. The third-order valence-electron chi connectivity index (χ3n) is 7.96. The van der Waals surface area contributed by atoms with Crippen molar-refractivity contribution < 1.29 is 23.1 Å². The number of piperazine rings is 1. The smallest absolute Gasteiger partial charge is 0.302 e. The maximum atomic E-state index is 13.2. The first-order chi connectivity index (χ1) is 19.6. The van der Waals surface area contributed by atoms with Gasteiger partial charge in [0.05, 0.1) is 6.61 Å². The van der Waals surface area contributed by atoms with Crippen molar-refractivity contribution in [1.82, 2.24) is 9.80 Å². The molecule has 0 radical (unpaired) electrons. The highest BCUT2D eigenvalue weighted by atomic mass is 19.3. The monoisotopic (exact) mass is 565 g/mol. The van der Waals surface area contributed by atoms with Crippen molar-refractivity contribution in [2.24, 2.45) is 0 Å². The summed E-state index contributed by atoms with van der Waals surface area (Å²) in [7, 11) is 0. The Balaban J connectivity index is 0.000000493. The van der Waals surface area contributed by atoms with E-state index in [4.69, 9.17) is 4.74 Å². The number of ketones is 1. The number of anilines is 1. The number of ether oxygens (including phenoxy) is 1. The van der Waals surface area contributed by atoms with Crippen molar-refractivity contribution in [3.63, 3.8) is 0 Å². The van der Waals surface area contributed by atoms with Gasteiger partial charge >= 0.3 is 5.92 Å². The maximum absolute atomic E-state index is 13.2. The lowest BCUT2D eigenvalue weighted by molar-refractivity contribution is -0.138. The summed E-state index contributed by atoms with van der Waals surface area (Å²) in [4.78, 5) is 29.8. The summed E-state index contributed by atoms with van der Waals surface area (Å²) in [6.07, 6.45) is 3.72. The van der Waals surface area contributed by atoms with Gasteiger partial charge < -0.3 is 19.4 Å². The molecule has 1 atom stereocenters. The predicted octanol–water partition coefficient (Wildman–Crippen LogP) is 6.29. The Morgan fingerprint density at radius 3 is 2.22 bits per heavy atom. The third-order valence-corrected chi connectivity index (χ3v) is 7.96. The number of amides is 1. The van der Waals surface area contributed by atoms with Crippen LogP contribution in [0.2, 0.25) is 0 Å². The third kappa shape index (κ3) is 8.26. The van der Waals surface area contributed by atoms with Gasteiger partial charge in [-0.2, -0.15) is 8.78 Å². The van der Waals surface area contributed by atoms with E-state index in [0.717, 1.165) is 80.8 Å². The molecule has 0 bridgehead atoms. The van der Waals surface area contributed by atoms with Crippen molar-refractivity contribution in [2.45, 2.75) is 52.0 Å². The summed E-state index contributed by atoms with van der Waals surface area (Å²) in [6.45, 7) is 10.0. The topological polar surface area (TPSA) is 53.1 Å². The second kappa shape index (κ2) is 13.9. The molecule has 6 nitrogen and oxygen atoms in total. The Morgan fingerprint density at radius 1 is 0.927 bits per heavy atom. The van der Waals surface area contributed by atoms with Gasteiger partial charge in [-0.15, -0.1) is 0 Å². The highest BCUT2D eigenvalue weighted by Crippen LogP contribution is 2.24. The molecule has 0 aromatic heterocycles. The molecule has 2 heterocycles. The molecule has 0 aliphatic carbocycles. The number of hydrogen-bond acceptors (Lipinski definition) is 5. The van der Waals surface area contributed by atoms with E-state index >= 15 is 0 Å². The highest BCUT2D eigenvalue weighted by Gasteiger charge is 2.27. The van der Waals surface area contributed by atoms with E-state index in [-0.39, 0.29) is 5.91 Å². The number of rotatable bonds is 8. The van der Waals surface area contributed by atoms with Crippen LogP contribution in [0.4, 0.5) is 14.5 Å². The second-order valence-corrected chi connectivity index (χ2v) is 11.0. The summed E-state index contributed by atoms with van der Waals surface area (Å²) >= 11 is 0. The van der Waals surface area contributed by atoms with Gasteiger partial charge in [0, 0.05) is 63.9 Å². The van der Waals surface area contributed by atoms with Crippen molar-refractivity contribution in [2.75, 3.05) is 50.8 Å². The van der Waals surface area contributed by atoms with E-state index in [1.807, 2.05) is 35.2 Å². The summed E-state index contributed by atoms with van der Waals surface area (Å²) < 4.78 is 29.0. The van der Waals surface area contributed by atoms with E-state index in [0.29, 0.717) is 6.92 Å². The van der Waals surface area contributed by atoms with E-state index in [1.165, 1.54) is 25.1 Å². The molecule has 1 unspecified atom stereocenters. The summed E-state index contributed by atoms with van der Waals surface area (Å²) in [5.41, 5.74) is 1.99. The Labute approximate surface area is 241 Å². The molecule has 41 heavy (non-hydrogen) atoms. The number of alkyl halides is 2. The average Bonchev–Trinajstić information content (AvgIpc) is 3.39. The fraction of sp³-hybridized carbons (Fsp3) is 0.455. The molecule has 220 valence electrons. The van der Waals surface area contributed by atoms with Gasteiger partial charge in [-0.3, -0.25) is 9.59 Å². The van der Waals surface area contributed by atoms with Gasteiger partial charge in [-0.1, -0.05) is 36.4 Å². The van der Waals surface area contributed by atoms with Gasteiger partial charge in [0.1, 0.15) is 5.75 Å². The largest absolute Gasteiger partial charge is 0.494 e. The Morgan fingerprint density at radius 2 is 1.59 bits per heavy atom. The quantitative estimate of drug-likeness (QED) is 0.301. The first kappa shape index (κ1) is 30.4. The maximum Gasteiger partial charge on any atom is 0.302 e. The Kier molecular flexibility index (Phi) is 10.3. The molecule has 8 heteroatoms. The summed E-state index contributed by atoms with van der Waals surface area (Å²) in [5.74, 6) is -3.17. The minimum atomic E-state index is -3.14. The van der Waals surface area contributed by atoms with Crippen LogP contribution in [0.1, 0.15) is 50.4 Å². The van der Waals surface area contributed by atoms with Crippen LogP contribution in [0.25, 0.3) is 10.8 Å². The molecule has 2 fully saturated rings. The van der Waals surface area contributed by atoms with Crippen LogP contribution in [-0.4, -0.2) is 79.3 Å². The summed E-state index contributed by atoms with van der Waals surface area (Å²) in [5, 5.41) is 2.14. The van der Waals surface area contributed by atoms with Crippen LogP contribution in [0.5, 0.6) is 5.75 Å². The van der Waals surface area contributed by atoms with Crippen LogP contribution in [-0.2, 0) is 4.79 Å². The SMILES string of the molecule is CC(=O)C(C)(F)F.CC1CCCN1CCCOc1ccc(N2CCN(C(=O)c3cccc4ccccc34)CC2)cc1. The molecule has 5 rings (SSSR count). The van der Waals surface area contributed by atoms with Gasteiger partial charge in [0.25, 0.3) is 5.91 Å². The number of likely N-dealkylation sites (tertiary alicyclic amines) is 1. The van der Waals surface area contributed by atoms with E-state index in [9.17, 15) is 18.4 Å². The average molecular weight is 566 g/mol. The molecule has 3 aromatic carbocycles.